The Labute approximate surface area is 163 Å². The molecule has 0 saturated heterocycles. The van der Waals surface area contributed by atoms with E-state index in [0.29, 0.717) is 23.0 Å². The fourth-order valence-electron chi connectivity index (χ4n) is 2.40. The van der Waals surface area contributed by atoms with Crippen molar-refractivity contribution in [1.82, 2.24) is 5.32 Å². The lowest BCUT2D eigenvalue weighted by molar-refractivity contribution is -0.143. The monoisotopic (exact) mass is 389 g/mol. The van der Waals surface area contributed by atoms with Crippen LogP contribution in [0.4, 0.5) is 0 Å². The largest absolute Gasteiger partial charge is 0.497 e. The van der Waals surface area contributed by atoms with Gasteiger partial charge in [0.25, 0.3) is 5.91 Å². The second kappa shape index (κ2) is 10.1. The molecule has 1 amide bonds. The predicted octanol–water partition coefficient (Wildman–Crippen LogP) is 2.19. The van der Waals surface area contributed by atoms with E-state index in [0.717, 1.165) is 5.56 Å². The van der Waals surface area contributed by atoms with Crippen molar-refractivity contribution in [3.8, 4) is 23.0 Å². The van der Waals surface area contributed by atoms with Gasteiger partial charge < -0.3 is 29.0 Å². The molecule has 0 spiro atoms. The normalized spacial score (nSPS) is 10.0. The Kier molecular flexibility index (Phi) is 7.50. The van der Waals surface area contributed by atoms with Gasteiger partial charge in [-0.3, -0.25) is 9.59 Å². The number of methoxy groups -OCH3 is 4. The Morgan fingerprint density at radius 1 is 0.857 bits per heavy atom. The zero-order valence-corrected chi connectivity index (χ0v) is 16.2. The van der Waals surface area contributed by atoms with Crippen LogP contribution in [0, 0.1) is 0 Å². The van der Waals surface area contributed by atoms with Gasteiger partial charge >= 0.3 is 5.97 Å². The zero-order chi connectivity index (χ0) is 20.5. The molecule has 0 radical (unpaired) electrons. The van der Waals surface area contributed by atoms with Gasteiger partial charge in [-0.05, 0) is 29.8 Å². The fraction of sp³-hybridized carbons (Fsp3) is 0.300. The number of amides is 1. The van der Waals surface area contributed by atoms with Crippen LogP contribution in [0.3, 0.4) is 0 Å². The summed E-state index contributed by atoms with van der Waals surface area (Å²) in [5, 5.41) is 2.51. The topological polar surface area (TPSA) is 92.3 Å². The van der Waals surface area contributed by atoms with Crippen molar-refractivity contribution in [1.29, 1.82) is 0 Å². The second-order valence-electron chi connectivity index (χ2n) is 5.61. The van der Waals surface area contributed by atoms with Gasteiger partial charge in [0, 0.05) is 5.56 Å². The first-order valence-corrected chi connectivity index (χ1v) is 8.39. The van der Waals surface area contributed by atoms with E-state index in [9.17, 15) is 9.59 Å². The van der Waals surface area contributed by atoms with Crippen molar-refractivity contribution in [3.63, 3.8) is 0 Å². The van der Waals surface area contributed by atoms with Crippen LogP contribution in [0.15, 0.2) is 36.4 Å². The molecule has 0 aromatic heterocycles. The number of esters is 1. The lowest BCUT2D eigenvalue weighted by atomic mass is 10.1. The molecule has 2 aromatic carbocycles. The van der Waals surface area contributed by atoms with Gasteiger partial charge in [0.05, 0.1) is 28.4 Å². The molecule has 0 heterocycles. The smallest absolute Gasteiger partial charge is 0.325 e. The molecule has 2 rings (SSSR count). The Bertz CT molecular complexity index is 793. The van der Waals surface area contributed by atoms with Crippen LogP contribution in [0.5, 0.6) is 23.0 Å². The van der Waals surface area contributed by atoms with E-state index in [4.69, 9.17) is 23.7 Å². The average molecular weight is 389 g/mol. The molecule has 1 N–H and O–H groups in total. The third kappa shape index (κ3) is 5.29. The summed E-state index contributed by atoms with van der Waals surface area (Å²) in [6.07, 6.45) is 0. The average Bonchev–Trinajstić information content (AvgIpc) is 2.74. The van der Waals surface area contributed by atoms with E-state index in [1.54, 1.807) is 31.4 Å². The van der Waals surface area contributed by atoms with Gasteiger partial charge in [-0.2, -0.15) is 0 Å². The third-order valence-corrected chi connectivity index (χ3v) is 3.88. The Balaban J connectivity index is 1.92. The second-order valence-corrected chi connectivity index (χ2v) is 5.61. The van der Waals surface area contributed by atoms with Crippen LogP contribution in [0.25, 0.3) is 0 Å². The minimum absolute atomic E-state index is 0.100. The van der Waals surface area contributed by atoms with E-state index < -0.39 is 11.9 Å². The Hall–Kier alpha value is -3.42. The minimum atomic E-state index is -0.559. The number of rotatable bonds is 9. The summed E-state index contributed by atoms with van der Waals surface area (Å²) >= 11 is 0. The van der Waals surface area contributed by atoms with Crippen molar-refractivity contribution in [2.24, 2.45) is 0 Å². The van der Waals surface area contributed by atoms with Crippen LogP contribution < -0.4 is 24.3 Å². The number of ether oxygens (including phenoxy) is 5. The molecule has 0 aliphatic rings. The van der Waals surface area contributed by atoms with Crippen LogP contribution in [-0.4, -0.2) is 46.9 Å². The van der Waals surface area contributed by atoms with Crippen LogP contribution >= 0.6 is 0 Å². The molecule has 0 aliphatic carbocycles. The fourth-order valence-corrected chi connectivity index (χ4v) is 2.40. The minimum Gasteiger partial charge on any atom is -0.497 e. The van der Waals surface area contributed by atoms with E-state index in [-0.39, 0.29) is 18.7 Å². The molecule has 0 saturated carbocycles. The highest BCUT2D eigenvalue weighted by molar-refractivity contribution is 5.97. The number of hydrogen-bond acceptors (Lipinski definition) is 7. The number of benzene rings is 2. The number of hydrogen-bond donors (Lipinski definition) is 1. The molecular weight excluding hydrogens is 366 g/mol. The van der Waals surface area contributed by atoms with Gasteiger partial charge in [-0.15, -0.1) is 0 Å². The summed E-state index contributed by atoms with van der Waals surface area (Å²) < 4.78 is 25.9. The van der Waals surface area contributed by atoms with Crippen molar-refractivity contribution in [2.75, 3.05) is 35.0 Å². The highest BCUT2D eigenvalue weighted by Crippen LogP contribution is 2.38. The highest BCUT2D eigenvalue weighted by atomic mass is 16.5. The zero-order valence-electron chi connectivity index (χ0n) is 16.2. The van der Waals surface area contributed by atoms with E-state index in [1.165, 1.54) is 33.5 Å². The molecular formula is C20H23NO7. The Morgan fingerprint density at radius 2 is 1.46 bits per heavy atom. The SMILES string of the molecule is COc1ccc(COC(=O)CNC(=O)c2cc(OC)c(OC)c(OC)c2)cc1. The molecule has 0 unspecified atom stereocenters. The lowest BCUT2D eigenvalue weighted by Crippen LogP contribution is -2.30. The van der Waals surface area contributed by atoms with Gasteiger partial charge in [0.2, 0.25) is 5.75 Å². The van der Waals surface area contributed by atoms with Crippen LogP contribution in [0.2, 0.25) is 0 Å². The number of carbonyl (C=O) groups excluding carboxylic acids is 2. The number of nitrogens with one attached hydrogen (secondary N) is 1. The van der Waals surface area contributed by atoms with Gasteiger partial charge in [0.1, 0.15) is 18.9 Å². The maximum Gasteiger partial charge on any atom is 0.325 e. The summed E-state index contributed by atoms with van der Waals surface area (Å²) in [6, 6.07) is 10.1. The predicted molar refractivity (Wildman–Crippen MR) is 101 cm³/mol. The highest BCUT2D eigenvalue weighted by Gasteiger charge is 2.17. The maximum atomic E-state index is 12.3. The van der Waals surface area contributed by atoms with Crippen molar-refractivity contribution >= 4 is 11.9 Å². The van der Waals surface area contributed by atoms with Crippen molar-refractivity contribution < 1.29 is 33.3 Å². The number of carbonyl (C=O) groups is 2. The molecule has 28 heavy (non-hydrogen) atoms. The third-order valence-electron chi connectivity index (χ3n) is 3.88. The Morgan fingerprint density at radius 3 is 1.96 bits per heavy atom. The lowest BCUT2D eigenvalue weighted by Gasteiger charge is -2.14. The summed E-state index contributed by atoms with van der Waals surface area (Å²) in [4.78, 5) is 24.2. The van der Waals surface area contributed by atoms with Crippen LogP contribution in [-0.2, 0) is 16.1 Å². The molecule has 0 atom stereocenters. The summed E-state index contributed by atoms with van der Waals surface area (Å²) in [5.41, 5.74) is 1.07. The summed E-state index contributed by atoms with van der Waals surface area (Å²) in [5.74, 6) is 0.744. The first-order valence-electron chi connectivity index (χ1n) is 8.39. The van der Waals surface area contributed by atoms with Crippen molar-refractivity contribution in [3.05, 3.63) is 47.5 Å². The maximum absolute atomic E-state index is 12.3. The molecule has 8 heteroatoms. The standard InChI is InChI=1S/C20H23NO7/c1-24-15-7-5-13(6-8-15)12-28-18(22)11-21-20(23)14-9-16(25-2)19(27-4)17(10-14)26-3/h5-10H,11-12H2,1-4H3,(H,21,23). The quantitative estimate of drug-likeness (QED) is 0.657. The van der Waals surface area contributed by atoms with E-state index in [1.807, 2.05) is 0 Å². The van der Waals surface area contributed by atoms with E-state index >= 15 is 0 Å². The van der Waals surface area contributed by atoms with Gasteiger partial charge in [0.15, 0.2) is 11.5 Å². The van der Waals surface area contributed by atoms with Gasteiger partial charge in [-0.1, -0.05) is 12.1 Å². The summed E-state index contributed by atoms with van der Waals surface area (Å²) in [6.45, 7) is -0.172. The van der Waals surface area contributed by atoms with Crippen LogP contribution in [0.1, 0.15) is 15.9 Å². The molecule has 0 bridgehead atoms. The molecule has 0 aliphatic heterocycles. The molecule has 150 valence electrons. The van der Waals surface area contributed by atoms with E-state index in [2.05, 4.69) is 5.32 Å². The molecule has 8 nitrogen and oxygen atoms in total. The first kappa shape index (κ1) is 20.9. The first-order chi connectivity index (χ1) is 13.5. The molecule has 0 fully saturated rings. The molecule has 2 aromatic rings. The van der Waals surface area contributed by atoms with Gasteiger partial charge in [-0.25, -0.2) is 0 Å². The van der Waals surface area contributed by atoms with Crippen molar-refractivity contribution in [2.45, 2.75) is 6.61 Å². The summed E-state index contributed by atoms with van der Waals surface area (Å²) in [7, 11) is 5.95.